The third kappa shape index (κ3) is 5.41. The van der Waals surface area contributed by atoms with Crippen molar-refractivity contribution in [2.75, 3.05) is 16.8 Å². The van der Waals surface area contributed by atoms with Crippen molar-refractivity contribution in [1.82, 2.24) is 0 Å². The van der Waals surface area contributed by atoms with Gasteiger partial charge in [0.25, 0.3) is 0 Å². The lowest BCUT2D eigenvalue weighted by Crippen LogP contribution is -2.32. The Morgan fingerprint density at radius 2 is 1.57 bits per heavy atom. The molecule has 0 heterocycles. The van der Waals surface area contributed by atoms with Gasteiger partial charge in [0.05, 0.1) is 0 Å². The van der Waals surface area contributed by atoms with Crippen molar-refractivity contribution in [1.29, 1.82) is 0 Å². The van der Waals surface area contributed by atoms with E-state index in [1.165, 1.54) is 24.0 Å². The van der Waals surface area contributed by atoms with Gasteiger partial charge in [0.1, 0.15) is 5.82 Å². The maximum absolute atomic E-state index is 13.5. The summed E-state index contributed by atoms with van der Waals surface area (Å²) in [5.41, 5.74) is 3.49. The van der Waals surface area contributed by atoms with E-state index in [9.17, 15) is 14.0 Å². The number of benzene rings is 2. The molecule has 150 valence electrons. The summed E-state index contributed by atoms with van der Waals surface area (Å²) in [6.07, 6.45) is 0.125. The fourth-order valence-electron chi connectivity index (χ4n) is 3.22. The Labute approximate surface area is 166 Å². The number of hydrogen-bond acceptors (Lipinski definition) is 2. The predicted octanol–water partition coefficient (Wildman–Crippen LogP) is 5.45. The van der Waals surface area contributed by atoms with Crippen molar-refractivity contribution in [2.24, 2.45) is 0 Å². The van der Waals surface area contributed by atoms with Crippen LogP contribution < -0.4 is 10.2 Å². The fraction of sp³-hybridized carbons (Fsp3) is 0.391. The van der Waals surface area contributed by atoms with Gasteiger partial charge in [0.2, 0.25) is 11.8 Å². The molecule has 0 fully saturated rings. The SMILES string of the molecule is CC(=O)N(CCC(=O)Nc1c(C(C)C)cccc1C(C)C)c1cccc(F)c1. The van der Waals surface area contributed by atoms with Gasteiger partial charge >= 0.3 is 0 Å². The van der Waals surface area contributed by atoms with E-state index in [1.54, 1.807) is 12.1 Å². The molecule has 0 bridgehead atoms. The Morgan fingerprint density at radius 3 is 2.07 bits per heavy atom. The van der Waals surface area contributed by atoms with Crippen LogP contribution in [0.25, 0.3) is 0 Å². The number of nitrogens with zero attached hydrogens (tertiary/aromatic N) is 1. The van der Waals surface area contributed by atoms with Crippen LogP contribution in [0.5, 0.6) is 0 Å². The highest BCUT2D eigenvalue weighted by atomic mass is 19.1. The van der Waals surface area contributed by atoms with Gasteiger partial charge in [-0.25, -0.2) is 4.39 Å². The number of rotatable bonds is 7. The molecule has 0 aliphatic carbocycles. The van der Waals surface area contributed by atoms with E-state index in [2.05, 4.69) is 33.0 Å². The van der Waals surface area contributed by atoms with Crippen LogP contribution in [-0.4, -0.2) is 18.4 Å². The van der Waals surface area contributed by atoms with Gasteiger partial charge in [-0.1, -0.05) is 52.0 Å². The molecule has 0 saturated heterocycles. The zero-order chi connectivity index (χ0) is 20.8. The van der Waals surface area contributed by atoms with Gasteiger partial charge in [-0.3, -0.25) is 9.59 Å². The monoisotopic (exact) mass is 384 g/mol. The maximum atomic E-state index is 13.5. The molecule has 4 nitrogen and oxygen atoms in total. The Balaban J connectivity index is 2.17. The second kappa shape index (κ2) is 9.49. The van der Waals surface area contributed by atoms with Crippen LogP contribution in [0.3, 0.4) is 0 Å². The normalized spacial score (nSPS) is 11.0. The number of para-hydroxylation sites is 1. The molecular weight excluding hydrogens is 355 g/mol. The average molecular weight is 384 g/mol. The predicted molar refractivity (Wildman–Crippen MR) is 112 cm³/mol. The number of anilines is 2. The summed E-state index contributed by atoms with van der Waals surface area (Å²) in [6, 6.07) is 11.9. The molecule has 5 heteroatoms. The van der Waals surface area contributed by atoms with E-state index in [-0.39, 0.29) is 36.6 Å². The second-order valence-corrected chi connectivity index (χ2v) is 7.57. The lowest BCUT2D eigenvalue weighted by Gasteiger charge is -2.23. The minimum absolute atomic E-state index is 0.125. The highest BCUT2D eigenvalue weighted by molar-refractivity contribution is 5.95. The first-order valence-electron chi connectivity index (χ1n) is 9.67. The number of nitrogens with one attached hydrogen (secondary N) is 1. The lowest BCUT2D eigenvalue weighted by molar-refractivity contribution is -0.117. The van der Waals surface area contributed by atoms with E-state index in [1.807, 2.05) is 18.2 Å². The van der Waals surface area contributed by atoms with Crippen LogP contribution in [-0.2, 0) is 9.59 Å². The molecule has 0 aliphatic rings. The number of halogens is 1. The molecule has 0 spiro atoms. The lowest BCUT2D eigenvalue weighted by atomic mass is 9.92. The van der Waals surface area contributed by atoms with Gasteiger partial charge in [-0.2, -0.15) is 0 Å². The van der Waals surface area contributed by atoms with Gasteiger partial charge in [-0.15, -0.1) is 0 Å². The van der Waals surface area contributed by atoms with Crippen LogP contribution >= 0.6 is 0 Å². The van der Waals surface area contributed by atoms with Gasteiger partial charge in [0, 0.05) is 31.3 Å². The molecule has 1 N–H and O–H groups in total. The minimum atomic E-state index is -0.416. The quantitative estimate of drug-likeness (QED) is 0.690. The van der Waals surface area contributed by atoms with E-state index in [4.69, 9.17) is 0 Å². The molecule has 0 aromatic heterocycles. The number of carbonyl (C=O) groups excluding carboxylic acids is 2. The smallest absolute Gasteiger partial charge is 0.226 e. The average Bonchev–Trinajstić information content (AvgIpc) is 2.61. The first-order valence-corrected chi connectivity index (χ1v) is 9.67. The van der Waals surface area contributed by atoms with Gasteiger partial charge in [0.15, 0.2) is 0 Å². The van der Waals surface area contributed by atoms with Crippen LogP contribution in [0.4, 0.5) is 15.8 Å². The van der Waals surface area contributed by atoms with Crippen molar-refractivity contribution in [3.63, 3.8) is 0 Å². The van der Waals surface area contributed by atoms with Crippen molar-refractivity contribution < 1.29 is 14.0 Å². The zero-order valence-corrected chi connectivity index (χ0v) is 17.3. The summed E-state index contributed by atoms with van der Waals surface area (Å²) < 4.78 is 13.5. The maximum Gasteiger partial charge on any atom is 0.226 e. The standard InChI is InChI=1S/C23H29FN2O2/c1-15(2)20-10-7-11-21(16(3)4)23(20)25-22(28)12-13-26(17(5)27)19-9-6-8-18(24)14-19/h6-11,14-16H,12-13H2,1-5H3,(H,25,28). The second-order valence-electron chi connectivity index (χ2n) is 7.57. The van der Waals surface area contributed by atoms with Gasteiger partial charge < -0.3 is 10.2 Å². The van der Waals surface area contributed by atoms with E-state index in [0.29, 0.717) is 5.69 Å². The summed E-state index contributed by atoms with van der Waals surface area (Å²) in [7, 11) is 0. The topological polar surface area (TPSA) is 49.4 Å². The Morgan fingerprint density at radius 1 is 1.00 bits per heavy atom. The molecule has 2 rings (SSSR count). The van der Waals surface area contributed by atoms with Crippen molar-refractivity contribution in [2.45, 2.75) is 52.9 Å². The molecule has 2 aromatic rings. The number of hydrogen-bond donors (Lipinski definition) is 1. The summed E-state index contributed by atoms with van der Waals surface area (Å²) in [4.78, 5) is 26.1. The first kappa shape index (κ1) is 21.6. The third-order valence-electron chi connectivity index (χ3n) is 4.70. The molecule has 0 unspecified atom stereocenters. The summed E-state index contributed by atoms with van der Waals surface area (Å²) in [5.74, 6) is -0.271. The Bertz CT molecular complexity index is 820. The molecule has 0 aliphatic heterocycles. The van der Waals surface area contributed by atoms with E-state index >= 15 is 0 Å². The largest absolute Gasteiger partial charge is 0.326 e. The van der Waals surface area contributed by atoms with Crippen molar-refractivity contribution >= 4 is 23.2 Å². The van der Waals surface area contributed by atoms with Crippen molar-refractivity contribution in [3.05, 3.63) is 59.4 Å². The van der Waals surface area contributed by atoms with E-state index < -0.39 is 5.82 Å². The van der Waals surface area contributed by atoms with Crippen LogP contribution in [0.1, 0.15) is 64.0 Å². The first-order chi connectivity index (χ1) is 13.2. The molecule has 0 atom stereocenters. The van der Waals surface area contributed by atoms with Crippen LogP contribution in [0.15, 0.2) is 42.5 Å². The highest BCUT2D eigenvalue weighted by Crippen LogP contribution is 2.32. The highest BCUT2D eigenvalue weighted by Gasteiger charge is 2.18. The zero-order valence-electron chi connectivity index (χ0n) is 17.3. The molecule has 0 saturated carbocycles. The summed E-state index contributed by atoms with van der Waals surface area (Å²) in [5, 5.41) is 3.05. The summed E-state index contributed by atoms with van der Waals surface area (Å²) >= 11 is 0. The fourth-order valence-corrected chi connectivity index (χ4v) is 3.22. The summed E-state index contributed by atoms with van der Waals surface area (Å²) in [6.45, 7) is 9.97. The Hall–Kier alpha value is -2.69. The Kier molecular flexibility index (Phi) is 7.32. The van der Waals surface area contributed by atoms with Crippen molar-refractivity contribution in [3.8, 4) is 0 Å². The molecule has 0 radical (unpaired) electrons. The number of carbonyl (C=O) groups is 2. The third-order valence-corrected chi connectivity index (χ3v) is 4.70. The van der Waals surface area contributed by atoms with Crippen LogP contribution in [0, 0.1) is 5.82 Å². The molecule has 2 aromatic carbocycles. The van der Waals surface area contributed by atoms with Gasteiger partial charge in [-0.05, 0) is 41.2 Å². The van der Waals surface area contributed by atoms with Crippen LogP contribution in [0.2, 0.25) is 0 Å². The molecular formula is C23H29FN2O2. The molecule has 2 amide bonds. The number of amides is 2. The minimum Gasteiger partial charge on any atom is -0.326 e. The molecule has 28 heavy (non-hydrogen) atoms. The van der Waals surface area contributed by atoms with E-state index in [0.717, 1.165) is 16.8 Å².